The van der Waals surface area contributed by atoms with Crippen LogP contribution < -0.4 is 5.32 Å². The van der Waals surface area contributed by atoms with Crippen LogP contribution in [0.4, 0.5) is 10.5 Å². The van der Waals surface area contributed by atoms with E-state index in [1.54, 1.807) is 0 Å². The molecule has 1 amide bonds. The maximum absolute atomic E-state index is 12.4. The highest BCUT2D eigenvalue weighted by atomic mass is 16.6. The molecular weight excluding hydrogens is 466 g/mol. The number of carbonyl (C=O) groups excluding carboxylic acids is 1. The zero-order valence-electron chi connectivity index (χ0n) is 19.6. The average molecular weight is 488 g/mol. The van der Waals surface area contributed by atoms with Gasteiger partial charge in [0.1, 0.15) is 11.3 Å². The summed E-state index contributed by atoms with van der Waals surface area (Å²) in [6, 6.07) is 33.3. The maximum Gasteiger partial charge on any atom is 0.412 e. The lowest BCUT2D eigenvalue weighted by Crippen LogP contribution is -2.13. The van der Waals surface area contributed by atoms with Crippen molar-refractivity contribution in [3.8, 4) is 33.6 Å². The number of furan rings is 1. The predicted molar refractivity (Wildman–Crippen MR) is 141 cm³/mol. The van der Waals surface area contributed by atoms with Crippen LogP contribution in [0.1, 0.15) is 5.76 Å². The van der Waals surface area contributed by atoms with E-state index in [1.165, 1.54) is 0 Å². The lowest BCUT2D eigenvalue weighted by atomic mass is 9.99. The van der Waals surface area contributed by atoms with E-state index in [0.717, 1.165) is 38.8 Å². The predicted octanol–water partition coefficient (Wildman–Crippen LogP) is 6.70. The zero-order valence-corrected chi connectivity index (χ0v) is 19.6. The number of amides is 1. The first-order chi connectivity index (χ1) is 18.2. The third-order valence-corrected chi connectivity index (χ3v) is 5.98. The van der Waals surface area contributed by atoms with Crippen LogP contribution in [0.3, 0.4) is 0 Å². The number of hydrogen-bond acceptors (Lipinski definition) is 6. The minimum Gasteiger partial charge on any atom is -0.457 e. The molecule has 0 spiro atoms. The van der Waals surface area contributed by atoms with Gasteiger partial charge in [0, 0.05) is 16.6 Å². The molecule has 37 heavy (non-hydrogen) atoms. The highest BCUT2D eigenvalue weighted by molar-refractivity contribution is 5.87. The van der Waals surface area contributed by atoms with E-state index in [9.17, 15) is 4.79 Å². The molecule has 0 radical (unpaired) electrons. The highest BCUT2D eigenvalue weighted by Crippen LogP contribution is 2.30. The van der Waals surface area contributed by atoms with Gasteiger partial charge < -0.3 is 9.15 Å². The molecule has 6 aromatic rings. The number of nitrogens with zero attached hydrogens (tertiary/aromatic N) is 3. The second-order valence-electron chi connectivity index (χ2n) is 8.39. The number of H-pyrrole nitrogens is 1. The first-order valence-corrected chi connectivity index (χ1v) is 11.7. The standard InChI is InChI=1S/C29H21N5O3/c35-29(36-18-24-17-22-16-21(12-15-27(22)37-24)19-6-2-1-3-7-19)30-23-13-10-20(11-14-23)25-8-4-5-9-26(25)28-31-33-34-32-28/h1-17H,18H2,(H,30,35)(H,31,32,33,34). The van der Waals surface area contributed by atoms with Crippen LogP contribution in [-0.4, -0.2) is 26.7 Å². The number of aromatic amines is 1. The Balaban J connectivity index is 1.10. The Hall–Kier alpha value is -5.24. The monoisotopic (exact) mass is 487 g/mol. The minimum atomic E-state index is -0.564. The number of rotatable bonds is 6. The first-order valence-electron chi connectivity index (χ1n) is 11.7. The van der Waals surface area contributed by atoms with Crippen molar-refractivity contribution in [2.45, 2.75) is 6.61 Å². The van der Waals surface area contributed by atoms with Gasteiger partial charge in [0.15, 0.2) is 6.61 Å². The van der Waals surface area contributed by atoms with Crippen molar-refractivity contribution in [1.82, 2.24) is 20.6 Å². The molecule has 4 aromatic carbocycles. The van der Waals surface area contributed by atoms with Gasteiger partial charge in [0.05, 0.1) is 0 Å². The number of anilines is 1. The molecule has 0 bridgehead atoms. The molecule has 0 aliphatic carbocycles. The van der Waals surface area contributed by atoms with Crippen molar-refractivity contribution < 1.29 is 13.9 Å². The van der Waals surface area contributed by atoms with Gasteiger partial charge in [-0.15, -0.1) is 10.2 Å². The van der Waals surface area contributed by atoms with Crippen LogP contribution in [0.15, 0.2) is 108 Å². The third-order valence-electron chi connectivity index (χ3n) is 5.98. The fraction of sp³-hybridized carbons (Fsp3) is 0.0345. The van der Waals surface area contributed by atoms with E-state index < -0.39 is 6.09 Å². The number of benzene rings is 4. The van der Waals surface area contributed by atoms with Gasteiger partial charge >= 0.3 is 6.09 Å². The molecule has 0 aliphatic rings. The van der Waals surface area contributed by atoms with Crippen LogP contribution in [0, 0.1) is 0 Å². The summed E-state index contributed by atoms with van der Waals surface area (Å²) in [4.78, 5) is 12.4. The Bertz CT molecular complexity index is 1660. The lowest BCUT2D eigenvalue weighted by molar-refractivity contribution is 0.147. The molecule has 180 valence electrons. The number of nitrogens with one attached hydrogen (secondary N) is 2. The Morgan fingerprint density at radius 2 is 1.57 bits per heavy atom. The normalized spacial score (nSPS) is 10.9. The quantitative estimate of drug-likeness (QED) is 0.271. The molecule has 2 N–H and O–H groups in total. The summed E-state index contributed by atoms with van der Waals surface area (Å²) in [6.07, 6.45) is -0.564. The van der Waals surface area contributed by atoms with Gasteiger partial charge in [-0.25, -0.2) is 4.79 Å². The molecule has 0 fully saturated rings. The fourth-order valence-electron chi connectivity index (χ4n) is 4.21. The van der Waals surface area contributed by atoms with Crippen LogP contribution in [0.5, 0.6) is 0 Å². The lowest BCUT2D eigenvalue weighted by Gasteiger charge is -2.09. The molecule has 0 unspecified atom stereocenters. The summed E-state index contributed by atoms with van der Waals surface area (Å²) < 4.78 is 11.2. The molecule has 6 rings (SSSR count). The average Bonchev–Trinajstić information content (AvgIpc) is 3.63. The summed E-state index contributed by atoms with van der Waals surface area (Å²) >= 11 is 0. The minimum absolute atomic E-state index is 0.0251. The van der Waals surface area contributed by atoms with E-state index >= 15 is 0 Å². The summed E-state index contributed by atoms with van der Waals surface area (Å²) in [7, 11) is 0. The van der Waals surface area contributed by atoms with Gasteiger partial charge in [0.2, 0.25) is 5.82 Å². The van der Waals surface area contributed by atoms with E-state index in [0.29, 0.717) is 17.3 Å². The Morgan fingerprint density at radius 1 is 0.811 bits per heavy atom. The number of ether oxygens (including phenoxy) is 1. The molecule has 0 saturated carbocycles. The maximum atomic E-state index is 12.4. The number of hydrogen-bond donors (Lipinski definition) is 2. The molecule has 2 aromatic heterocycles. The third kappa shape index (κ3) is 4.81. The van der Waals surface area contributed by atoms with E-state index in [4.69, 9.17) is 9.15 Å². The second-order valence-corrected chi connectivity index (χ2v) is 8.39. The topological polar surface area (TPSA) is 106 Å². The number of carbonyl (C=O) groups is 1. The SMILES string of the molecule is O=C(Nc1ccc(-c2ccccc2-c2nn[nH]n2)cc1)OCc1cc2cc(-c3ccccc3)ccc2o1. The highest BCUT2D eigenvalue weighted by Gasteiger charge is 2.12. The van der Waals surface area contributed by atoms with Crippen LogP contribution in [0.25, 0.3) is 44.6 Å². The second kappa shape index (κ2) is 9.79. The van der Waals surface area contributed by atoms with Crippen molar-refractivity contribution in [2.24, 2.45) is 0 Å². The van der Waals surface area contributed by atoms with Gasteiger partial charge in [-0.05, 0) is 57.8 Å². The number of aromatic nitrogens is 4. The van der Waals surface area contributed by atoms with Crippen molar-refractivity contribution >= 4 is 22.7 Å². The van der Waals surface area contributed by atoms with Gasteiger partial charge in [-0.2, -0.15) is 5.21 Å². The van der Waals surface area contributed by atoms with Crippen molar-refractivity contribution in [2.75, 3.05) is 5.32 Å². The van der Waals surface area contributed by atoms with E-state index in [2.05, 4.69) is 44.1 Å². The van der Waals surface area contributed by atoms with E-state index in [-0.39, 0.29) is 6.61 Å². The van der Waals surface area contributed by atoms with Gasteiger partial charge in [-0.1, -0.05) is 72.8 Å². The number of tetrazole rings is 1. The molecule has 8 heteroatoms. The largest absolute Gasteiger partial charge is 0.457 e. The van der Waals surface area contributed by atoms with E-state index in [1.807, 2.05) is 84.9 Å². The number of fused-ring (bicyclic) bond motifs is 1. The molecule has 8 nitrogen and oxygen atoms in total. The van der Waals surface area contributed by atoms with Crippen LogP contribution in [-0.2, 0) is 11.3 Å². The molecular formula is C29H21N5O3. The van der Waals surface area contributed by atoms with Crippen molar-refractivity contribution in [3.05, 3.63) is 109 Å². The summed E-state index contributed by atoms with van der Waals surface area (Å²) in [5.41, 5.74) is 6.36. The van der Waals surface area contributed by atoms with Crippen LogP contribution >= 0.6 is 0 Å². The Morgan fingerprint density at radius 3 is 2.35 bits per heavy atom. The molecule has 0 saturated heterocycles. The Labute approximate surface area is 211 Å². The molecule has 2 heterocycles. The summed E-state index contributed by atoms with van der Waals surface area (Å²) in [5, 5.41) is 18.0. The first kappa shape index (κ1) is 22.2. The van der Waals surface area contributed by atoms with Crippen molar-refractivity contribution in [1.29, 1.82) is 0 Å². The van der Waals surface area contributed by atoms with Gasteiger partial charge in [-0.3, -0.25) is 5.32 Å². The van der Waals surface area contributed by atoms with Crippen molar-refractivity contribution in [3.63, 3.8) is 0 Å². The summed E-state index contributed by atoms with van der Waals surface area (Å²) in [5.74, 6) is 1.09. The molecule has 0 atom stereocenters. The van der Waals surface area contributed by atoms with Gasteiger partial charge in [0.25, 0.3) is 0 Å². The molecule has 0 aliphatic heterocycles. The smallest absolute Gasteiger partial charge is 0.412 e. The summed E-state index contributed by atoms with van der Waals surface area (Å²) in [6.45, 7) is 0.0251. The zero-order chi connectivity index (χ0) is 25.0. The van der Waals surface area contributed by atoms with Crippen LogP contribution in [0.2, 0.25) is 0 Å². The Kier molecular flexibility index (Phi) is 5.88. The fourth-order valence-corrected chi connectivity index (χ4v) is 4.21.